The summed E-state index contributed by atoms with van der Waals surface area (Å²) in [5.41, 5.74) is 1.12. The molecule has 3 nitrogen and oxygen atoms in total. The lowest BCUT2D eigenvalue weighted by Crippen LogP contribution is -2.34. The van der Waals surface area contributed by atoms with Gasteiger partial charge in [0.25, 0.3) is 0 Å². The van der Waals surface area contributed by atoms with Crippen molar-refractivity contribution in [3.05, 3.63) is 29.8 Å². The summed E-state index contributed by atoms with van der Waals surface area (Å²) in [5, 5.41) is 12.1. The van der Waals surface area contributed by atoms with Gasteiger partial charge in [0, 0.05) is 12.5 Å². The van der Waals surface area contributed by atoms with Gasteiger partial charge in [0.05, 0.1) is 18.7 Å². The first kappa shape index (κ1) is 13.5. The SMILES string of the molecule is Cc1ccccc1OCCC(C#N)NC(C)C. The topological polar surface area (TPSA) is 45.0 Å². The molecule has 0 fully saturated rings. The maximum Gasteiger partial charge on any atom is 0.122 e. The van der Waals surface area contributed by atoms with Crippen molar-refractivity contribution in [1.29, 1.82) is 5.26 Å². The Balaban J connectivity index is 2.37. The first-order valence-electron chi connectivity index (χ1n) is 5.97. The highest BCUT2D eigenvalue weighted by Crippen LogP contribution is 2.16. The van der Waals surface area contributed by atoms with Gasteiger partial charge in [0.2, 0.25) is 0 Å². The Bertz CT molecular complexity index is 382. The van der Waals surface area contributed by atoms with Gasteiger partial charge in [-0.3, -0.25) is 5.32 Å². The van der Waals surface area contributed by atoms with E-state index in [4.69, 9.17) is 10.00 Å². The molecule has 1 N–H and O–H groups in total. The first-order chi connectivity index (χ1) is 8.13. The summed E-state index contributed by atoms with van der Waals surface area (Å²) >= 11 is 0. The Morgan fingerprint density at radius 2 is 2.06 bits per heavy atom. The molecule has 0 saturated heterocycles. The molecule has 0 aliphatic heterocycles. The molecule has 1 aromatic rings. The number of hydrogen-bond donors (Lipinski definition) is 1. The molecule has 1 unspecified atom stereocenters. The lowest BCUT2D eigenvalue weighted by molar-refractivity contribution is 0.293. The van der Waals surface area contributed by atoms with E-state index < -0.39 is 0 Å². The third-order valence-corrected chi connectivity index (χ3v) is 2.45. The number of para-hydroxylation sites is 1. The summed E-state index contributed by atoms with van der Waals surface area (Å²) in [5.74, 6) is 0.897. The number of nitrogens with zero attached hydrogens (tertiary/aromatic N) is 1. The van der Waals surface area contributed by atoms with E-state index in [9.17, 15) is 0 Å². The van der Waals surface area contributed by atoms with E-state index in [2.05, 4.69) is 11.4 Å². The third-order valence-electron chi connectivity index (χ3n) is 2.45. The van der Waals surface area contributed by atoms with Crippen LogP contribution in [0.25, 0.3) is 0 Å². The Kier molecular flexibility index (Phi) is 5.51. The lowest BCUT2D eigenvalue weighted by atomic mass is 10.2. The van der Waals surface area contributed by atoms with Crippen LogP contribution in [0.4, 0.5) is 0 Å². The summed E-state index contributed by atoms with van der Waals surface area (Å²) < 4.78 is 5.66. The molecule has 0 aliphatic rings. The smallest absolute Gasteiger partial charge is 0.122 e. The number of benzene rings is 1. The summed E-state index contributed by atoms with van der Waals surface area (Å²) in [6, 6.07) is 10.3. The number of ether oxygens (including phenoxy) is 1. The van der Waals surface area contributed by atoms with Crippen LogP contribution in [0.1, 0.15) is 25.8 Å². The van der Waals surface area contributed by atoms with Gasteiger partial charge in [-0.1, -0.05) is 18.2 Å². The zero-order valence-corrected chi connectivity index (χ0v) is 10.7. The van der Waals surface area contributed by atoms with E-state index in [1.165, 1.54) is 0 Å². The van der Waals surface area contributed by atoms with Gasteiger partial charge in [-0.05, 0) is 32.4 Å². The van der Waals surface area contributed by atoms with Gasteiger partial charge in [-0.25, -0.2) is 0 Å². The van der Waals surface area contributed by atoms with Gasteiger partial charge in [-0.2, -0.15) is 5.26 Å². The average molecular weight is 232 g/mol. The number of aryl methyl sites for hydroxylation is 1. The Labute approximate surface area is 103 Å². The van der Waals surface area contributed by atoms with E-state index >= 15 is 0 Å². The second kappa shape index (κ2) is 6.93. The van der Waals surface area contributed by atoms with Gasteiger partial charge in [0.1, 0.15) is 5.75 Å². The van der Waals surface area contributed by atoms with Crippen molar-refractivity contribution in [2.75, 3.05) is 6.61 Å². The lowest BCUT2D eigenvalue weighted by Gasteiger charge is -2.15. The van der Waals surface area contributed by atoms with E-state index in [-0.39, 0.29) is 6.04 Å². The molecule has 1 rings (SSSR count). The van der Waals surface area contributed by atoms with Crippen LogP contribution in [0.2, 0.25) is 0 Å². The van der Waals surface area contributed by atoms with Gasteiger partial charge in [-0.15, -0.1) is 0 Å². The van der Waals surface area contributed by atoms with Gasteiger partial charge >= 0.3 is 0 Å². The summed E-state index contributed by atoms with van der Waals surface area (Å²) in [6.45, 7) is 6.64. The molecule has 0 saturated carbocycles. The molecule has 0 bridgehead atoms. The highest BCUT2D eigenvalue weighted by molar-refractivity contribution is 5.31. The number of rotatable bonds is 6. The molecule has 0 radical (unpaired) electrons. The standard InChI is InChI=1S/C14H20N2O/c1-11(2)16-13(10-15)8-9-17-14-7-5-4-6-12(14)3/h4-7,11,13,16H,8-9H2,1-3H3. The highest BCUT2D eigenvalue weighted by Gasteiger charge is 2.08. The fourth-order valence-corrected chi connectivity index (χ4v) is 1.59. The largest absolute Gasteiger partial charge is 0.493 e. The quantitative estimate of drug-likeness (QED) is 0.820. The molecular formula is C14H20N2O. The van der Waals surface area contributed by atoms with Crippen LogP contribution in [0, 0.1) is 18.3 Å². The predicted octanol–water partition coefficient (Wildman–Crippen LogP) is 2.65. The fourth-order valence-electron chi connectivity index (χ4n) is 1.59. The van der Waals surface area contributed by atoms with Crippen LogP contribution in [0.3, 0.4) is 0 Å². The second-order valence-corrected chi connectivity index (χ2v) is 4.41. The summed E-state index contributed by atoms with van der Waals surface area (Å²) in [6.07, 6.45) is 0.697. The highest BCUT2D eigenvalue weighted by atomic mass is 16.5. The van der Waals surface area contributed by atoms with E-state index in [0.29, 0.717) is 19.1 Å². The Morgan fingerprint density at radius 3 is 2.65 bits per heavy atom. The van der Waals surface area contributed by atoms with Gasteiger partial charge in [0.15, 0.2) is 0 Å². The number of nitriles is 1. The average Bonchev–Trinajstić information content (AvgIpc) is 2.29. The fraction of sp³-hybridized carbons (Fsp3) is 0.500. The molecule has 92 valence electrons. The van der Waals surface area contributed by atoms with E-state index in [0.717, 1.165) is 11.3 Å². The van der Waals surface area contributed by atoms with Crippen LogP contribution < -0.4 is 10.1 Å². The van der Waals surface area contributed by atoms with Crippen LogP contribution in [-0.2, 0) is 0 Å². The summed E-state index contributed by atoms with van der Waals surface area (Å²) in [4.78, 5) is 0. The Hall–Kier alpha value is -1.53. The molecule has 0 amide bonds. The minimum atomic E-state index is -0.140. The molecule has 1 aromatic carbocycles. The first-order valence-corrected chi connectivity index (χ1v) is 5.97. The van der Waals surface area contributed by atoms with E-state index in [1.807, 2.05) is 45.0 Å². The van der Waals surface area contributed by atoms with Crippen molar-refractivity contribution in [3.63, 3.8) is 0 Å². The minimum absolute atomic E-state index is 0.140. The van der Waals surface area contributed by atoms with Crippen LogP contribution in [-0.4, -0.2) is 18.7 Å². The monoisotopic (exact) mass is 232 g/mol. The predicted molar refractivity (Wildman–Crippen MR) is 69.0 cm³/mol. The molecule has 17 heavy (non-hydrogen) atoms. The van der Waals surface area contributed by atoms with Gasteiger partial charge < -0.3 is 4.74 Å². The maximum absolute atomic E-state index is 8.96. The molecule has 0 aromatic heterocycles. The van der Waals surface area contributed by atoms with Crippen molar-refractivity contribution in [2.24, 2.45) is 0 Å². The maximum atomic E-state index is 8.96. The van der Waals surface area contributed by atoms with Crippen molar-refractivity contribution in [1.82, 2.24) is 5.32 Å². The zero-order chi connectivity index (χ0) is 12.7. The van der Waals surface area contributed by atoms with Crippen LogP contribution in [0.15, 0.2) is 24.3 Å². The third kappa shape index (κ3) is 4.88. The molecular weight excluding hydrogens is 212 g/mol. The number of nitrogens with one attached hydrogen (secondary N) is 1. The summed E-state index contributed by atoms with van der Waals surface area (Å²) in [7, 11) is 0. The van der Waals surface area contributed by atoms with Crippen molar-refractivity contribution in [3.8, 4) is 11.8 Å². The van der Waals surface area contributed by atoms with Crippen molar-refractivity contribution in [2.45, 2.75) is 39.3 Å². The molecule has 0 heterocycles. The van der Waals surface area contributed by atoms with Crippen molar-refractivity contribution >= 4 is 0 Å². The second-order valence-electron chi connectivity index (χ2n) is 4.41. The zero-order valence-electron chi connectivity index (χ0n) is 10.7. The van der Waals surface area contributed by atoms with Crippen LogP contribution in [0.5, 0.6) is 5.75 Å². The molecule has 3 heteroatoms. The van der Waals surface area contributed by atoms with Crippen molar-refractivity contribution < 1.29 is 4.74 Å². The van der Waals surface area contributed by atoms with Crippen LogP contribution >= 0.6 is 0 Å². The molecule has 1 atom stereocenters. The Morgan fingerprint density at radius 1 is 1.35 bits per heavy atom. The number of hydrogen-bond acceptors (Lipinski definition) is 3. The van der Waals surface area contributed by atoms with E-state index in [1.54, 1.807) is 0 Å². The molecule has 0 spiro atoms. The normalized spacial score (nSPS) is 12.2. The molecule has 0 aliphatic carbocycles. The minimum Gasteiger partial charge on any atom is -0.493 e.